The summed E-state index contributed by atoms with van der Waals surface area (Å²) in [5.74, 6) is -1.39. The Labute approximate surface area is 157 Å². The Morgan fingerprint density at radius 1 is 1.00 bits per heavy atom. The number of phenolic OH excluding ortho intramolecular Hbond substituents is 1. The first-order chi connectivity index (χ1) is 10.6. The zero-order valence-corrected chi connectivity index (χ0v) is 12.2. The Morgan fingerprint density at radius 2 is 1.57 bits per heavy atom. The summed E-state index contributed by atoms with van der Waals surface area (Å²) in [4.78, 5) is 21.4. The van der Waals surface area contributed by atoms with Crippen LogP contribution in [0, 0.1) is 0 Å². The van der Waals surface area contributed by atoms with Gasteiger partial charge in [0.25, 0.3) is 0 Å². The van der Waals surface area contributed by atoms with E-state index in [0.29, 0.717) is 12.2 Å². The third-order valence-electron chi connectivity index (χ3n) is 2.58. The van der Waals surface area contributed by atoms with Crippen LogP contribution in [0.4, 0.5) is 0 Å². The van der Waals surface area contributed by atoms with Crippen LogP contribution >= 0.6 is 0 Å². The Kier molecular flexibility index (Phi) is 10.8. The van der Waals surface area contributed by atoms with Crippen molar-refractivity contribution >= 4 is 41.5 Å². The van der Waals surface area contributed by atoms with Gasteiger partial charge in [0.1, 0.15) is 11.3 Å². The van der Waals surface area contributed by atoms with Crippen LogP contribution in [0.15, 0.2) is 54.6 Å². The van der Waals surface area contributed by atoms with Crippen LogP contribution in [0.2, 0.25) is 0 Å². The number of carboxylic acid groups (broad SMARTS) is 1. The zero-order valence-electron chi connectivity index (χ0n) is 12.2. The van der Waals surface area contributed by atoms with Crippen molar-refractivity contribution in [1.29, 1.82) is 0 Å². The second kappa shape index (κ2) is 11.7. The zero-order chi connectivity index (χ0) is 16.4. The molecule has 0 saturated heterocycles. The van der Waals surface area contributed by atoms with E-state index in [2.05, 4.69) is 0 Å². The number of aromatic hydroxyl groups is 1. The second-order valence-corrected chi connectivity index (χ2v) is 4.32. The molecule has 2 rings (SSSR count). The number of carbonyl (C=O) groups excluding carboxylic acids is 1. The maximum absolute atomic E-state index is 11.2. The number of esters is 1. The van der Waals surface area contributed by atoms with Crippen LogP contribution in [-0.4, -0.2) is 58.3 Å². The number of rotatable bonds is 4. The molecule has 0 atom stereocenters. The summed E-state index contributed by atoms with van der Waals surface area (Å²) in [7, 11) is 0. The molecular weight excluding hydrogens is 307 g/mol. The first-order valence-electron chi connectivity index (χ1n) is 6.79. The summed E-state index contributed by atoms with van der Waals surface area (Å²) in [6.07, 6.45) is 0.777. The molecule has 0 aliphatic rings. The van der Waals surface area contributed by atoms with E-state index < -0.39 is 11.9 Å². The molecule has 0 unspecified atom stereocenters. The molecule has 0 spiro atoms. The molecule has 2 aromatic rings. The normalized spacial score (nSPS) is 8.91. The van der Waals surface area contributed by atoms with E-state index >= 15 is 0 Å². The number of ether oxygens (including phenoxy) is 1. The van der Waals surface area contributed by atoms with Gasteiger partial charge in [0.15, 0.2) is 0 Å². The minimum atomic E-state index is -0.879. The monoisotopic (exact) mass is 326 g/mol. The number of para-hydroxylation sites is 1. The van der Waals surface area contributed by atoms with Gasteiger partial charge in [-0.3, -0.25) is 0 Å². The first kappa shape index (κ1) is 21.2. The fraction of sp³-hybridized carbons (Fsp3) is 0.176. The van der Waals surface area contributed by atoms with Gasteiger partial charge in [0.05, 0.1) is 12.2 Å². The Balaban J connectivity index is 0.000000427. The predicted octanol–water partition coefficient (Wildman–Crippen LogP) is 2.70. The number of hydrogen-bond acceptors (Lipinski definition) is 4. The number of carbonyl (C=O) groups is 2. The Bertz CT molecular complexity index is 613. The standard InChI is InChI=1S/C10H12O3.C7H6O2.Na.H/c1-2-7-13-10(12)8-5-3-4-6-9(8)11;8-7(9)6-4-2-1-3-5-6;;/h3-6,11H,2,7H2,1H3;1-5H,(H,8,9);;. The van der Waals surface area contributed by atoms with Crippen LogP contribution < -0.4 is 0 Å². The van der Waals surface area contributed by atoms with E-state index in [4.69, 9.17) is 9.84 Å². The average Bonchev–Trinajstić information content (AvgIpc) is 2.54. The van der Waals surface area contributed by atoms with E-state index in [1.807, 2.05) is 6.92 Å². The van der Waals surface area contributed by atoms with Gasteiger partial charge in [-0.25, -0.2) is 9.59 Å². The van der Waals surface area contributed by atoms with Crippen molar-refractivity contribution in [2.45, 2.75) is 13.3 Å². The van der Waals surface area contributed by atoms with Crippen molar-refractivity contribution < 1.29 is 24.5 Å². The second-order valence-electron chi connectivity index (χ2n) is 4.32. The van der Waals surface area contributed by atoms with Crippen molar-refractivity contribution in [2.75, 3.05) is 6.61 Å². The van der Waals surface area contributed by atoms with E-state index in [0.717, 1.165) is 6.42 Å². The van der Waals surface area contributed by atoms with Crippen LogP contribution in [0.25, 0.3) is 0 Å². The fourth-order valence-corrected chi connectivity index (χ4v) is 1.50. The van der Waals surface area contributed by atoms with E-state index in [1.165, 1.54) is 12.1 Å². The van der Waals surface area contributed by atoms with Gasteiger partial charge in [-0.05, 0) is 30.7 Å². The van der Waals surface area contributed by atoms with Gasteiger partial charge < -0.3 is 14.9 Å². The van der Waals surface area contributed by atoms with Gasteiger partial charge in [0.2, 0.25) is 0 Å². The summed E-state index contributed by atoms with van der Waals surface area (Å²) in [6, 6.07) is 14.6. The number of hydrogen-bond donors (Lipinski definition) is 2. The number of phenols is 1. The predicted molar refractivity (Wildman–Crippen MR) is 89.2 cm³/mol. The van der Waals surface area contributed by atoms with Crippen LogP contribution in [-0.2, 0) is 4.74 Å². The molecule has 0 aliphatic carbocycles. The molecule has 118 valence electrons. The van der Waals surface area contributed by atoms with Gasteiger partial charge in [0, 0.05) is 0 Å². The van der Waals surface area contributed by atoms with E-state index in [-0.39, 0.29) is 40.9 Å². The summed E-state index contributed by atoms with van der Waals surface area (Å²) >= 11 is 0. The summed E-state index contributed by atoms with van der Waals surface area (Å²) in [5, 5.41) is 17.7. The van der Waals surface area contributed by atoms with Crippen molar-refractivity contribution in [3.05, 3.63) is 65.7 Å². The molecule has 0 aromatic heterocycles. The van der Waals surface area contributed by atoms with Crippen LogP contribution in [0.3, 0.4) is 0 Å². The molecule has 0 aliphatic heterocycles. The molecule has 5 nitrogen and oxygen atoms in total. The Hall–Kier alpha value is -1.82. The van der Waals surface area contributed by atoms with Gasteiger partial charge >= 0.3 is 41.5 Å². The van der Waals surface area contributed by atoms with Gasteiger partial charge in [-0.15, -0.1) is 0 Å². The molecule has 0 fully saturated rings. The number of aromatic carboxylic acids is 1. The van der Waals surface area contributed by atoms with Crippen molar-refractivity contribution in [1.82, 2.24) is 0 Å². The summed E-state index contributed by atoms with van der Waals surface area (Å²) < 4.78 is 4.86. The third kappa shape index (κ3) is 7.83. The van der Waals surface area contributed by atoms with Gasteiger partial charge in [-0.1, -0.05) is 37.3 Å². The van der Waals surface area contributed by atoms with Gasteiger partial charge in [-0.2, -0.15) is 0 Å². The number of carboxylic acids is 1. The molecule has 6 heteroatoms. The summed E-state index contributed by atoms with van der Waals surface area (Å²) in [6.45, 7) is 2.30. The fourth-order valence-electron chi connectivity index (χ4n) is 1.50. The topological polar surface area (TPSA) is 83.8 Å². The Morgan fingerprint density at radius 3 is 2.04 bits per heavy atom. The van der Waals surface area contributed by atoms with E-state index in [1.54, 1.807) is 42.5 Å². The van der Waals surface area contributed by atoms with E-state index in [9.17, 15) is 14.7 Å². The SMILES string of the molecule is CCCOC(=O)c1ccccc1O.O=C(O)c1ccccc1.[NaH]. The van der Waals surface area contributed by atoms with Crippen molar-refractivity contribution in [3.63, 3.8) is 0 Å². The molecule has 2 N–H and O–H groups in total. The molecule has 0 saturated carbocycles. The van der Waals surface area contributed by atoms with Crippen molar-refractivity contribution in [3.8, 4) is 5.75 Å². The third-order valence-corrected chi connectivity index (χ3v) is 2.58. The van der Waals surface area contributed by atoms with Crippen LogP contribution in [0.5, 0.6) is 5.75 Å². The molecule has 0 bridgehead atoms. The average molecular weight is 326 g/mol. The molecule has 23 heavy (non-hydrogen) atoms. The first-order valence-corrected chi connectivity index (χ1v) is 6.79. The quantitative estimate of drug-likeness (QED) is 0.667. The molecule has 0 heterocycles. The molecule has 0 radical (unpaired) electrons. The molecular formula is C17H19NaO5. The minimum absolute atomic E-state index is 0. The van der Waals surface area contributed by atoms with Crippen molar-refractivity contribution in [2.24, 2.45) is 0 Å². The summed E-state index contributed by atoms with van der Waals surface area (Å²) in [5.41, 5.74) is 0.549. The number of benzene rings is 2. The molecule has 2 aromatic carbocycles. The molecule has 0 amide bonds. The van der Waals surface area contributed by atoms with Crippen LogP contribution in [0.1, 0.15) is 34.1 Å². The maximum atomic E-state index is 11.2.